The van der Waals surface area contributed by atoms with Gasteiger partial charge in [0, 0.05) is 25.1 Å². The van der Waals surface area contributed by atoms with E-state index >= 15 is 0 Å². The molecule has 1 atom stereocenters. The molecule has 1 unspecified atom stereocenters. The summed E-state index contributed by atoms with van der Waals surface area (Å²) in [5.74, 6) is 1.92. The van der Waals surface area contributed by atoms with Gasteiger partial charge in [-0.3, -0.25) is 4.90 Å². The summed E-state index contributed by atoms with van der Waals surface area (Å²) < 4.78 is 6.19. The summed E-state index contributed by atoms with van der Waals surface area (Å²) in [4.78, 5) is 2.58. The zero-order valence-electron chi connectivity index (χ0n) is 13.8. The number of likely N-dealkylation sites (tertiary alicyclic amines) is 1. The number of hydrogen-bond donors (Lipinski definition) is 1. The maximum Gasteiger partial charge on any atom is 0.127 e. The molecule has 1 fully saturated rings. The Bertz CT molecular complexity index is 502. The van der Waals surface area contributed by atoms with Crippen molar-refractivity contribution in [2.75, 3.05) is 19.6 Å². The molecule has 124 valence electrons. The van der Waals surface area contributed by atoms with Crippen LogP contribution in [0.4, 0.5) is 0 Å². The lowest BCUT2D eigenvalue weighted by Gasteiger charge is -2.33. The van der Waals surface area contributed by atoms with Crippen LogP contribution in [0.25, 0.3) is 0 Å². The van der Waals surface area contributed by atoms with Gasteiger partial charge in [-0.05, 0) is 57.7 Å². The molecule has 1 aromatic rings. The molecule has 3 nitrogen and oxygen atoms in total. The molecule has 22 heavy (non-hydrogen) atoms. The third-order valence-corrected chi connectivity index (χ3v) is 4.74. The molecule has 2 aliphatic heterocycles. The van der Waals surface area contributed by atoms with Gasteiger partial charge >= 0.3 is 0 Å². The number of ether oxygens (including phenoxy) is 1. The van der Waals surface area contributed by atoms with Crippen LogP contribution >= 0.6 is 12.4 Å². The van der Waals surface area contributed by atoms with Gasteiger partial charge in [0.15, 0.2) is 0 Å². The molecule has 0 radical (unpaired) electrons. The summed E-state index contributed by atoms with van der Waals surface area (Å²) in [6.07, 6.45) is 4.81. The van der Waals surface area contributed by atoms with Gasteiger partial charge in [0.2, 0.25) is 0 Å². The van der Waals surface area contributed by atoms with Gasteiger partial charge in [-0.2, -0.15) is 0 Å². The number of piperidine rings is 1. The average Bonchev–Trinajstić information content (AvgIpc) is 2.75. The van der Waals surface area contributed by atoms with Crippen LogP contribution in [-0.4, -0.2) is 30.1 Å². The highest BCUT2D eigenvalue weighted by Crippen LogP contribution is 2.38. The van der Waals surface area contributed by atoms with E-state index in [0.717, 1.165) is 37.6 Å². The van der Waals surface area contributed by atoms with Crippen LogP contribution < -0.4 is 10.5 Å². The highest BCUT2D eigenvalue weighted by Gasteiger charge is 2.32. The first-order valence-corrected chi connectivity index (χ1v) is 8.29. The third kappa shape index (κ3) is 3.95. The van der Waals surface area contributed by atoms with Crippen molar-refractivity contribution >= 4 is 12.4 Å². The van der Waals surface area contributed by atoms with Crippen molar-refractivity contribution in [3.05, 3.63) is 29.3 Å². The number of para-hydroxylation sites is 1. The quantitative estimate of drug-likeness (QED) is 0.922. The lowest BCUT2D eigenvalue weighted by atomic mass is 9.94. The molecule has 0 bridgehead atoms. The molecular formula is C18H29ClN2O. The van der Waals surface area contributed by atoms with Gasteiger partial charge in [0.05, 0.1) is 0 Å². The number of hydrogen-bond acceptors (Lipinski definition) is 3. The zero-order chi connectivity index (χ0) is 14.9. The number of fused-ring (bicyclic) bond motifs is 1. The molecule has 0 amide bonds. The van der Waals surface area contributed by atoms with Crippen LogP contribution in [0.3, 0.4) is 0 Å². The largest absolute Gasteiger partial charge is 0.487 e. The Morgan fingerprint density at radius 2 is 2.18 bits per heavy atom. The SMILES string of the molecule is CC1(C)Cc2cccc(CN3CCCC(CCN)C3)c2O1.Cl. The number of rotatable bonds is 4. The van der Waals surface area contributed by atoms with Gasteiger partial charge in [-0.1, -0.05) is 18.2 Å². The van der Waals surface area contributed by atoms with Crippen LogP contribution in [-0.2, 0) is 13.0 Å². The average molecular weight is 325 g/mol. The van der Waals surface area contributed by atoms with Crippen molar-refractivity contribution in [3.8, 4) is 5.75 Å². The molecule has 1 aromatic carbocycles. The lowest BCUT2D eigenvalue weighted by Crippen LogP contribution is -2.35. The molecule has 0 saturated carbocycles. The molecule has 3 rings (SSSR count). The minimum Gasteiger partial charge on any atom is -0.487 e. The third-order valence-electron chi connectivity index (χ3n) is 4.74. The predicted molar refractivity (Wildman–Crippen MR) is 93.8 cm³/mol. The van der Waals surface area contributed by atoms with E-state index in [1.807, 2.05) is 0 Å². The van der Waals surface area contributed by atoms with E-state index in [2.05, 4.69) is 36.9 Å². The maximum absolute atomic E-state index is 6.19. The van der Waals surface area contributed by atoms with Crippen molar-refractivity contribution < 1.29 is 4.74 Å². The van der Waals surface area contributed by atoms with Crippen LogP contribution in [0, 0.1) is 5.92 Å². The maximum atomic E-state index is 6.19. The molecule has 0 aliphatic carbocycles. The van der Waals surface area contributed by atoms with E-state index in [9.17, 15) is 0 Å². The van der Waals surface area contributed by atoms with Gasteiger partial charge in [-0.25, -0.2) is 0 Å². The Labute approximate surface area is 140 Å². The second-order valence-corrected chi connectivity index (χ2v) is 7.26. The first kappa shape index (κ1) is 17.6. The molecule has 2 N–H and O–H groups in total. The van der Waals surface area contributed by atoms with Gasteiger partial charge < -0.3 is 10.5 Å². The van der Waals surface area contributed by atoms with Crippen molar-refractivity contribution in [3.63, 3.8) is 0 Å². The summed E-state index contributed by atoms with van der Waals surface area (Å²) in [6, 6.07) is 6.62. The summed E-state index contributed by atoms with van der Waals surface area (Å²) in [7, 11) is 0. The number of nitrogens with two attached hydrogens (primary N) is 1. The molecule has 0 aromatic heterocycles. The molecule has 1 saturated heterocycles. The minimum absolute atomic E-state index is 0. The summed E-state index contributed by atoms with van der Waals surface area (Å²) in [5, 5.41) is 0. The van der Waals surface area contributed by atoms with Gasteiger partial charge in [0.25, 0.3) is 0 Å². The van der Waals surface area contributed by atoms with Crippen LogP contribution in [0.5, 0.6) is 5.75 Å². The first-order valence-electron chi connectivity index (χ1n) is 8.29. The highest BCUT2D eigenvalue weighted by molar-refractivity contribution is 5.85. The van der Waals surface area contributed by atoms with Crippen molar-refractivity contribution in [2.45, 2.75) is 51.7 Å². The zero-order valence-corrected chi connectivity index (χ0v) is 14.6. The molecule has 4 heteroatoms. The van der Waals surface area contributed by atoms with E-state index in [1.165, 1.54) is 37.1 Å². The smallest absolute Gasteiger partial charge is 0.127 e. The Kier molecular flexibility index (Phi) is 5.76. The topological polar surface area (TPSA) is 38.5 Å². The Morgan fingerprint density at radius 1 is 1.36 bits per heavy atom. The Balaban J connectivity index is 0.00000176. The second kappa shape index (κ2) is 7.20. The fraction of sp³-hybridized carbons (Fsp3) is 0.667. The monoisotopic (exact) mass is 324 g/mol. The van der Waals surface area contributed by atoms with Crippen LogP contribution in [0.15, 0.2) is 18.2 Å². The van der Waals surface area contributed by atoms with Gasteiger partial charge in [0.1, 0.15) is 11.4 Å². The van der Waals surface area contributed by atoms with Crippen molar-refractivity contribution in [1.82, 2.24) is 4.90 Å². The first-order chi connectivity index (χ1) is 10.1. The normalized spacial score (nSPS) is 23.5. The number of nitrogens with zero attached hydrogens (tertiary/aromatic N) is 1. The number of benzene rings is 1. The van der Waals surface area contributed by atoms with Crippen LogP contribution in [0.1, 0.15) is 44.2 Å². The highest BCUT2D eigenvalue weighted by atomic mass is 35.5. The summed E-state index contributed by atoms with van der Waals surface area (Å²) in [5.41, 5.74) is 8.39. The Hall–Kier alpha value is -0.770. The molecule has 2 aliphatic rings. The van der Waals surface area contributed by atoms with E-state index in [-0.39, 0.29) is 18.0 Å². The fourth-order valence-electron chi connectivity index (χ4n) is 3.81. The summed E-state index contributed by atoms with van der Waals surface area (Å²) >= 11 is 0. The minimum atomic E-state index is -0.0532. The fourth-order valence-corrected chi connectivity index (χ4v) is 3.81. The predicted octanol–water partition coefficient (Wildman–Crippen LogP) is 3.38. The van der Waals surface area contributed by atoms with E-state index in [4.69, 9.17) is 10.5 Å². The van der Waals surface area contributed by atoms with E-state index < -0.39 is 0 Å². The van der Waals surface area contributed by atoms with Crippen LogP contribution in [0.2, 0.25) is 0 Å². The molecule has 0 spiro atoms. The lowest BCUT2D eigenvalue weighted by molar-refractivity contribution is 0.130. The standard InChI is InChI=1S/C18H28N2O.ClH/c1-18(2)11-15-6-3-7-16(17(15)21-18)13-20-10-4-5-14(12-20)8-9-19;/h3,6-7,14H,4-5,8-13,19H2,1-2H3;1H. The molecule has 2 heterocycles. The second-order valence-electron chi connectivity index (χ2n) is 7.26. The Morgan fingerprint density at radius 3 is 2.95 bits per heavy atom. The summed E-state index contributed by atoms with van der Waals surface area (Å²) in [6.45, 7) is 8.57. The van der Waals surface area contributed by atoms with Crippen molar-refractivity contribution in [2.24, 2.45) is 11.7 Å². The molecular weight excluding hydrogens is 296 g/mol. The van der Waals surface area contributed by atoms with E-state index in [1.54, 1.807) is 0 Å². The number of halogens is 1. The van der Waals surface area contributed by atoms with E-state index in [0.29, 0.717) is 0 Å². The van der Waals surface area contributed by atoms with Crippen molar-refractivity contribution in [1.29, 1.82) is 0 Å². The van der Waals surface area contributed by atoms with Gasteiger partial charge in [-0.15, -0.1) is 12.4 Å².